The fourth-order valence-electron chi connectivity index (χ4n) is 2.58. The smallest absolute Gasteiger partial charge is 0.195 e. The second-order valence-electron chi connectivity index (χ2n) is 5.22. The van der Waals surface area contributed by atoms with Crippen molar-refractivity contribution in [2.24, 2.45) is 0 Å². The van der Waals surface area contributed by atoms with Crippen molar-refractivity contribution in [1.82, 2.24) is 9.38 Å². The van der Waals surface area contributed by atoms with Crippen molar-refractivity contribution in [3.63, 3.8) is 0 Å². The highest BCUT2D eigenvalue weighted by Gasteiger charge is 2.10. The molecule has 0 amide bonds. The van der Waals surface area contributed by atoms with Gasteiger partial charge in [-0.15, -0.1) is 0 Å². The van der Waals surface area contributed by atoms with Crippen molar-refractivity contribution in [3.8, 4) is 17.0 Å². The van der Waals surface area contributed by atoms with E-state index in [-0.39, 0.29) is 0 Å². The van der Waals surface area contributed by atoms with Gasteiger partial charge in [-0.2, -0.15) is 0 Å². The van der Waals surface area contributed by atoms with Gasteiger partial charge in [-0.25, -0.2) is 4.98 Å². The fourth-order valence-corrected chi connectivity index (χ4v) is 3.58. The third-order valence-electron chi connectivity index (χ3n) is 3.69. The molecule has 0 aliphatic heterocycles. The molecule has 4 aromatic rings. The Bertz CT molecular complexity index is 958. The SMILES string of the molecule is COCCOc1cccc(-c2cn3c(n2)sc2ccccc23)c1. The van der Waals surface area contributed by atoms with Crippen LogP contribution in [0.15, 0.2) is 54.7 Å². The van der Waals surface area contributed by atoms with Crippen LogP contribution in [0.3, 0.4) is 0 Å². The normalized spacial score (nSPS) is 11.3. The van der Waals surface area contributed by atoms with Gasteiger partial charge < -0.3 is 9.47 Å². The molecule has 2 aromatic heterocycles. The van der Waals surface area contributed by atoms with Gasteiger partial charge in [0.15, 0.2) is 4.96 Å². The lowest BCUT2D eigenvalue weighted by Crippen LogP contribution is -2.04. The minimum atomic E-state index is 0.545. The molecular weight excluding hydrogens is 308 g/mol. The van der Waals surface area contributed by atoms with Gasteiger partial charge in [0.1, 0.15) is 12.4 Å². The predicted octanol–water partition coefficient (Wildman–Crippen LogP) is 4.24. The van der Waals surface area contributed by atoms with E-state index < -0.39 is 0 Å². The Balaban J connectivity index is 1.69. The van der Waals surface area contributed by atoms with Gasteiger partial charge in [-0.05, 0) is 24.3 Å². The summed E-state index contributed by atoms with van der Waals surface area (Å²) in [4.78, 5) is 5.77. The minimum absolute atomic E-state index is 0.545. The Labute approximate surface area is 137 Å². The summed E-state index contributed by atoms with van der Waals surface area (Å²) in [5, 5.41) is 0. The summed E-state index contributed by atoms with van der Waals surface area (Å²) in [6.07, 6.45) is 2.09. The molecule has 2 heterocycles. The second-order valence-corrected chi connectivity index (χ2v) is 6.23. The summed E-state index contributed by atoms with van der Waals surface area (Å²) in [6.45, 7) is 1.12. The largest absolute Gasteiger partial charge is 0.491 e. The van der Waals surface area contributed by atoms with Crippen LogP contribution in [-0.4, -0.2) is 29.7 Å². The van der Waals surface area contributed by atoms with Crippen LogP contribution in [0.2, 0.25) is 0 Å². The van der Waals surface area contributed by atoms with Crippen LogP contribution in [0.1, 0.15) is 0 Å². The first kappa shape index (κ1) is 14.2. The molecular formula is C18H16N2O2S. The summed E-state index contributed by atoms with van der Waals surface area (Å²) < 4.78 is 14.1. The number of thiazole rings is 1. The quantitative estimate of drug-likeness (QED) is 0.515. The summed E-state index contributed by atoms with van der Waals surface area (Å²) in [7, 11) is 1.67. The van der Waals surface area contributed by atoms with E-state index in [4.69, 9.17) is 14.5 Å². The van der Waals surface area contributed by atoms with Crippen molar-refractivity contribution in [3.05, 3.63) is 54.7 Å². The number of hydrogen-bond donors (Lipinski definition) is 0. The number of rotatable bonds is 5. The van der Waals surface area contributed by atoms with Gasteiger partial charge in [0.25, 0.3) is 0 Å². The van der Waals surface area contributed by atoms with Crippen molar-refractivity contribution < 1.29 is 9.47 Å². The van der Waals surface area contributed by atoms with Crippen LogP contribution in [0, 0.1) is 0 Å². The molecule has 0 radical (unpaired) electrons. The van der Waals surface area contributed by atoms with Gasteiger partial charge >= 0.3 is 0 Å². The molecule has 23 heavy (non-hydrogen) atoms. The number of hydrogen-bond acceptors (Lipinski definition) is 4. The van der Waals surface area contributed by atoms with Crippen LogP contribution in [-0.2, 0) is 4.74 Å². The zero-order valence-electron chi connectivity index (χ0n) is 12.7. The molecule has 0 atom stereocenters. The molecule has 0 N–H and O–H groups in total. The first-order valence-corrected chi connectivity index (χ1v) is 8.25. The molecule has 0 spiro atoms. The highest BCUT2D eigenvalue weighted by molar-refractivity contribution is 7.23. The molecule has 2 aromatic carbocycles. The number of aromatic nitrogens is 2. The van der Waals surface area contributed by atoms with Crippen molar-refractivity contribution in [2.75, 3.05) is 20.3 Å². The summed E-state index contributed by atoms with van der Waals surface area (Å²) in [5.41, 5.74) is 3.21. The molecule has 0 aliphatic rings. The van der Waals surface area contributed by atoms with Crippen molar-refractivity contribution >= 4 is 26.5 Å². The zero-order chi connectivity index (χ0) is 15.6. The first-order valence-electron chi connectivity index (χ1n) is 7.44. The van der Waals surface area contributed by atoms with E-state index in [0.29, 0.717) is 13.2 Å². The maximum Gasteiger partial charge on any atom is 0.195 e. The maximum absolute atomic E-state index is 5.68. The highest BCUT2D eigenvalue weighted by atomic mass is 32.1. The Morgan fingerprint density at radius 1 is 1.09 bits per heavy atom. The number of fused-ring (bicyclic) bond motifs is 3. The van der Waals surface area contributed by atoms with Gasteiger partial charge in [-0.3, -0.25) is 4.40 Å². The van der Waals surface area contributed by atoms with Crippen LogP contribution in [0.4, 0.5) is 0 Å². The van der Waals surface area contributed by atoms with E-state index in [1.54, 1.807) is 18.4 Å². The lowest BCUT2D eigenvalue weighted by atomic mass is 10.1. The van der Waals surface area contributed by atoms with Gasteiger partial charge in [0, 0.05) is 18.9 Å². The average molecular weight is 324 g/mol. The molecule has 116 valence electrons. The molecule has 5 heteroatoms. The lowest BCUT2D eigenvalue weighted by Gasteiger charge is -2.06. The Morgan fingerprint density at radius 2 is 2.00 bits per heavy atom. The summed E-state index contributed by atoms with van der Waals surface area (Å²) in [6, 6.07) is 16.4. The molecule has 4 nitrogen and oxygen atoms in total. The molecule has 0 aliphatic carbocycles. The van der Waals surface area contributed by atoms with Crippen molar-refractivity contribution in [1.29, 1.82) is 0 Å². The van der Waals surface area contributed by atoms with Gasteiger partial charge in [0.05, 0.1) is 22.5 Å². The number of para-hydroxylation sites is 1. The van der Waals surface area contributed by atoms with Gasteiger partial charge in [0.2, 0.25) is 0 Å². The van der Waals surface area contributed by atoms with Crippen LogP contribution in [0.25, 0.3) is 26.4 Å². The molecule has 0 fully saturated rings. The Hall–Kier alpha value is -2.37. The van der Waals surface area contributed by atoms with E-state index in [0.717, 1.165) is 22.0 Å². The number of imidazole rings is 1. The van der Waals surface area contributed by atoms with E-state index in [9.17, 15) is 0 Å². The molecule has 0 saturated carbocycles. The predicted molar refractivity (Wildman–Crippen MR) is 93.4 cm³/mol. The van der Waals surface area contributed by atoms with Crippen LogP contribution in [0.5, 0.6) is 5.75 Å². The minimum Gasteiger partial charge on any atom is -0.491 e. The number of benzene rings is 2. The topological polar surface area (TPSA) is 35.8 Å². The van der Waals surface area contributed by atoms with Gasteiger partial charge in [-0.1, -0.05) is 35.6 Å². The Morgan fingerprint density at radius 3 is 2.91 bits per heavy atom. The average Bonchev–Trinajstić information content (AvgIpc) is 3.13. The molecule has 4 rings (SSSR count). The van der Waals surface area contributed by atoms with Crippen LogP contribution >= 0.6 is 11.3 Å². The molecule has 0 bridgehead atoms. The maximum atomic E-state index is 5.68. The van der Waals surface area contributed by atoms with E-state index in [1.165, 1.54) is 10.2 Å². The Kier molecular flexibility index (Phi) is 3.73. The highest BCUT2D eigenvalue weighted by Crippen LogP contribution is 2.30. The fraction of sp³-hybridized carbons (Fsp3) is 0.167. The number of nitrogens with zero attached hydrogens (tertiary/aromatic N) is 2. The molecule has 0 unspecified atom stereocenters. The second kappa shape index (κ2) is 6.02. The zero-order valence-corrected chi connectivity index (χ0v) is 13.5. The summed E-state index contributed by atoms with van der Waals surface area (Å²) in [5.74, 6) is 0.834. The summed E-state index contributed by atoms with van der Waals surface area (Å²) >= 11 is 1.70. The standard InChI is InChI=1S/C18H16N2O2S/c1-21-9-10-22-14-6-4-5-13(11-14)15-12-20-16-7-2-3-8-17(16)23-18(20)19-15/h2-8,11-12H,9-10H2,1H3. The van der Waals surface area contributed by atoms with Crippen molar-refractivity contribution in [2.45, 2.75) is 0 Å². The van der Waals surface area contributed by atoms with E-state index in [1.807, 2.05) is 18.2 Å². The van der Waals surface area contributed by atoms with E-state index in [2.05, 4.69) is 40.9 Å². The number of ether oxygens (including phenoxy) is 2. The van der Waals surface area contributed by atoms with Crippen LogP contribution < -0.4 is 4.74 Å². The third kappa shape index (κ3) is 2.69. The van der Waals surface area contributed by atoms with E-state index >= 15 is 0 Å². The lowest BCUT2D eigenvalue weighted by molar-refractivity contribution is 0.146. The monoisotopic (exact) mass is 324 g/mol. The first-order chi connectivity index (χ1) is 11.3. The number of methoxy groups -OCH3 is 1. The molecule has 0 saturated heterocycles. The third-order valence-corrected chi connectivity index (χ3v) is 4.72.